The topological polar surface area (TPSA) is 79.9 Å². The van der Waals surface area contributed by atoms with Gasteiger partial charge in [-0.2, -0.15) is 0 Å². The van der Waals surface area contributed by atoms with Crippen molar-refractivity contribution in [2.24, 2.45) is 0 Å². The van der Waals surface area contributed by atoms with Crippen LogP contribution in [0.4, 0.5) is 4.79 Å². The van der Waals surface area contributed by atoms with Crippen molar-refractivity contribution in [3.63, 3.8) is 0 Å². The second-order valence-electron chi connectivity index (χ2n) is 5.47. The number of aromatic nitrogens is 3. The van der Waals surface area contributed by atoms with Gasteiger partial charge in [-0.25, -0.2) is 14.8 Å². The number of ether oxygens (including phenoxy) is 1. The van der Waals surface area contributed by atoms with E-state index in [1.165, 1.54) is 0 Å². The van der Waals surface area contributed by atoms with E-state index < -0.39 is 11.7 Å². The van der Waals surface area contributed by atoms with E-state index in [0.29, 0.717) is 11.5 Å². The maximum Gasteiger partial charge on any atom is 0.408 e. The highest BCUT2D eigenvalue weighted by molar-refractivity contribution is 9.10. The van der Waals surface area contributed by atoms with E-state index in [1.807, 2.05) is 27.7 Å². The molecule has 7 heteroatoms. The largest absolute Gasteiger partial charge is 0.444 e. The molecule has 6 nitrogen and oxygen atoms in total. The summed E-state index contributed by atoms with van der Waals surface area (Å²) in [5.74, 6) is 0.638. The van der Waals surface area contributed by atoms with Crippen LogP contribution in [0.2, 0.25) is 0 Å². The summed E-state index contributed by atoms with van der Waals surface area (Å²) in [6.45, 7) is 7.69. The second kappa shape index (κ2) is 5.40. The summed E-state index contributed by atoms with van der Waals surface area (Å²) in [7, 11) is 0. The molecule has 20 heavy (non-hydrogen) atoms. The fraction of sp³-hybridized carbons (Fsp3) is 0.462. The molecule has 2 aromatic heterocycles. The Bertz CT molecular complexity index is 646. The molecule has 0 aliphatic carbocycles. The van der Waals surface area contributed by atoms with Crippen molar-refractivity contribution in [2.45, 2.75) is 39.8 Å². The summed E-state index contributed by atoms with van der Waals surface area (Å²) in [6.07, 6.45) is 1.24. The van der Waals surface area contributed by atoms with Gasteiger partial charge in [-0.15, -0.1) is 0 Å². The first-order chi connectivity index (χ1) is 9.26. The third-order valence-corrected chi connectivity index (χ3v) is 3.37. The van der Waals surface area contributed by atoms with E-state index in [0.717, 1.165) is 15.6 Å². The number of aromatic amines is 1. The average Bonchev–Trinajstić information content (AvgIpc) is 2.73. The van der Waals surface area contributed by atoms with E-state index in [2.05, 4.69) is 36.2 Å². The molecule has 0 saturated heterocycles. The van der Waals surface area contributed by atoms with Gasteiger partial charge in [-0.05, 0) is 49.2 Å². The molecule has 1 amide bonds. The molecule has 2 rings (SSSR count). The van der Waals surface area contributed by atoms with Crippen LogP contribution in [0.5, 0.6) is 0 Å². The smallest absolute Gasteiger partial charge is 0.408 e. The fourth-order valence-corrected chi connectivity index (χ4v) is 1.96. The summed E-state index contributed by atoms with van der Waals surface area (Å²) < 4.78 is 6.08. The number of amides is 1. The zero-order valence-corrected chi connectivity index (χ0v) is 13.5. The number of nitrogens with zero attached hydrogens (tertiary/aromatic N) is 2. The van der Waals surface area contributed by atoms with E-state index in [-0.39, 0.29) is 6.54 Å². The van der Waals surface area contributed by atoms with Gasteiger partial charge in [0.15, 0.2) is 5.65 Å². The minimum Gasteiger partial charge on any atom is -0.444 e. The molecule has 0 saturated carbocycles. The molecular weight excluding hydrogens is 324 g/mol. The third-order valence-electron chi connectivity index (χ3n) is 2.57. The van der Waals surface area contributed by atoms with Gasteiger partial charge in [0, 0.05) is 10.7 Å². The number of pyridine rings is 1. The Balaban J connectivity index is 2.08. The van der Waals surface area contributed by atoms with Gasteiger partial charge in [0.2, 0.25) is 0 Å². The van der Waals surface area contributed by atoms with Crippen LogP contribution in [0.3, 0.4) is 0 Å². The SMILES string of the molecule is Cc1c(Br)cnc2nc(CNC(=O)OC(C)(C)C)[nH]c12. The molecular formula is C13H17BrN4O2. The Morgan fingerprint density at radius 3 is 2.85 bits per heavy atom. The maximum absolute atomic E-state index is 11.6. The first-order valence-corrected chi connectivity index (χ1v) is 7.02. The minimum absolute atomic E-state index is 0.266. The summed E-state index contributed by atoms with van der Waals surface area (Å²) in [5.41, 5.74) is 2.01. The van der Waals surface area contributed by atoms with Crippen LogP contribution in [-0.4, -0.2) is 26.6 Å². The van der Waals surface area contributed by atoms with Crippen LogP contribution in [0.1, 0.15) is 32.2 Å². The minimum atomic E-state index is -0.513. The number of aryl methyl sites for hydroxylation is 1. The van der Waals surface area contributed by atoms with Crippen LogP contribution >= 0.6 is 15.9 Å². The van der Waals surface area contributed by atoms with Crippen molar-refractivity contribution in [3.8, 4) is 0 Å². The number of H-pyrrole nitrogens is 1. The molecule has 0 radical (unpaired) electrons. The average molecular weight is 341 g/mol. The van der Waals surface area contributed by atoms with Gasteiger partial charge >= 0.3 is 6.09 Å². The standard InChI is InChI=1S/C13H17BrN4O2/c1-7-8(14)5-15-11-10(7)17-9(18-11)6-16-12(19)20-13(2,3)4/h5H,6H2,1-4H3,(H,16,19)(H,15,17,18). The quantitative estimate of drug-likeness (QED) is 0.880. The molecule has 0 spiro atoms. The number of rotatable bonds is 2. The van der Waals surface area contributed by atoms with Gasteiger partial charge in [0.1, 0.15) is 11.4 Å². The van der Waals surface area contributed by atoms with Gasteiger partial charge in [0.25, 0.3) is 0 Å². The first-order valence-electron chi connectivity index (χ1n) is 6.23. The lowest BCUT2D eigenvalue weighted by molar-refractivity contribution is 0.0522. The molecule has 0 aromatic carbocycles. The summed E-state index contributed by atoms with van der Waals surface area (Å²) in [6, 6.07) is 0. The molecule has 0 unspecified atom stereocenters. The van der Waals surface area contributed by atoms with Gasteiger partial charge in [0.05, 0.1) is 12.1 Å². The Labute approximate surface area is 125 Å². The Morgan fingerprint density at radius 2 is 2.20 bits per heavy atom. The zero-order chi connectivity index (χ0) is 14.9. The predicted octanol–water partition coefficient (Wildman–Crippen LogP) is 3.05. The van der Waals surface area contributed by atoms with Crippen LogP contribution in [0.15, 0.2) is 10.7 Å². The third kappa shape index (κ3) is 3.47. The normalized spacial score (nSPS) is 11.7. The van der Waals surface area contributed by atoms with Crippen molar-refractivity contribution in [2.75, 3.05) is 0 Å². The van der Waals surface area contributed by atoms with Gasteiger partial charge in [-0.3, -0.25) is 0 Å². The molecule has 2 aromatic rings. The number of alkyl carbamates (subject to hydrolysis) is 1. The summed E-state index contributed by atoms with van der Waals surface area (Å²) in [4.78, 5) is 23.3. The van der Waals surface area contributed by atoms with Crippen molar-refractivity contribution in [3.05, 3.63) is 22.1 Å². The number of fused-ring (bicyclic) bond motifs is 1. The highest BCUT2D eigenvalue weighted by atomic mass is 79.9. The number of carbonyl (C=O) groups excluding carboxylic acids is 1. The van der Waals surface area contributed by atoms with E-state index in [4.69, 9.17) is 4.74 Å². The van der Waals surface area contributed by atoms with Crippen molar-refractivity contribution < 1.29 is 9.53 Å². The van der Waals surface area contributed by atoms with Crippen LogP contribution in [0, 0.1) is 6.92 Å². The van der Waals surface area contributed by atoms with Crippen molar-refractivity contribution in [1.29, 1.82) is 0 Å². The molecule has 108 valence electrons. The zero-order valence-electron chi connectivity index (χ0n) is 11.9. The molecule has 2 heterocycles. The molecule has 0 fully saturated rings. The maximum atomic E-state index is 11.6. The monoisotopic (exact) mass is 340 g/mol. The number of carbonyl (C=O) groups is 1. The van der Waals surface area contributed by atoms with Crippen LogP contribution in [-0.2, 0) is 11.3 Å². The Hall–Kier alpha value is -1.63. The highest BCUT2D eigenvalue weighted by Gasteiger charge is 2.16. The van der Waals surface area contributed by atoms with Gasteiger partial charge in [-0.1, -0.05) is 0 Å². The van der Waals surface area contributed by atoms with Crippen molar-refractivity contribution in [1.82, 2.24) is 20.3 Å². The lowest BCUT2D eigenvalue weighted by atomic mass is 10.2. The Morgan fingerprint density at radius 1 is 1.50 bits per heavy atom. The molecule has 0 atom stereocenters. The molecule has 2 N–H and O–H groups in total. The second-order valence-corrected chi connectivity index (χ2v) is 6.32. The molecule has 0 aliphatic rings. The predicted molar refractivity (Wildman–Crippen MR) is 79.4 cm³/mol. The summed E-state index contributed by atoms with van der Waals surface area (Å²) in [5, 5.41) is 2.66. The number of hydrogen-bond donors (Lipinski definition) is 2. The summed E-state index contributed by atoms with van der Waals surface area (Å²) >= 11 is 3.42. The van der Waals surface area contributed by atoms with E-state index >= 15 is 0 Å². The molecule has 0 aliphatic heterocycles. The molecule has 0 bridgehead atoms. The number of nitrogens with one attached hydrogen (secondary N) is 2. The van der Waals surface area contributed by atoms with E-state index in [1.54, 1.807) is 6.20 Å². The van der Waals surface area contributed by atoms with Gasteiger partial charge < -0.3 is 15.0 Å². The fourth-order valence-electron chi connectivity index (χ4n) is 1.65. The van der Waals surface area contributed by atoms with Crippen molar-refractivity contribution >= 4 is 33.2 Å². The van der Waals surface area contributed by atoms with E-state index in [9.17, 15) is 4.79 Å². The van der Waals surface area contributed by atoms with Crippen LogP contribution < -0.4 is 5.32 Å². The number of imidazole rings is 1. The number of halogens is 1. The lowest BCUT2D eigenvalue weighted by Gasteiger charge is -2.19. The Kier molecular flexibility index (Phi) is 3.99. The first kappa shape index (κ1) is 14.8. The number of hydrogen-bond acceptors (Lipinski definition) is 4. The highest BCUT2D eigenvalue weighted by Crippen LogP contribution is 2.21. The lowest BCUT2D eigenvalue weighted by Crippen LogP contribution is -2.32. The van der Waals surface area contributed by atoms with Crippen LogP contribution in [0.25, 0.3) is 11.2 Å².